The third kappa shape index (κ3) is 4.88. The van der Waals surface area contributed by atoms with E-state index >= 15 is 0 Å². The first kappa shape index (κ1) is 32.0. The third-order valence-electron chi connectivity index (χ3n) is 11.2. The van der Waals surface area contributed by atoms with Gasteiger partial charge in [-0.15, -0.1) is 0 Å². The molecule has 3 heterocycles. The first-order valence-corrected chi connectivity index (χ1v) is 18.9. The van der Waals surface area contributed by atoms with Crippen LogP contribution in [-0.4, -0.2) is 19.9 Å². The number of hydrogen-bond acceptors (Lipinski definition) is 5. The fraction of sp³-hybridized carbons (Fsp3) is 0.0196. The number of rotatable bonds is 5. The highest BCUT2D eigenvalue weighted by Crippen LogP contribution is 2.63. The Labute approximate surface area is 325 Å². The standard InChI is InChI=1S/C51H33N5/c1-3-16-34(17-4-1)48-53-49(36-19-15-18-35(32-36)45-26-13-14-31-52-45)55-50(54-48)37-29-30-40-39-22-7-8-23-41(39)51(44(40)33-37)42-24-9-11-27-46(42)56(38-20-5-2-6-21-38)47-28-12-10-25-43(47)51/h1-33H. The monoisotopic (exact) mass is 715 g/mol. The quantitative estimate of drug-likeness (QED) is 0.178. The number of nitrogens with zero attached hydrogens (tertiary/aromatic N) is 5. The minimum absolute atomic E-state index is 0.588. The van der Waals surface area contributed by atoms with E-state index < -0.39 is 5.41 Å². The second-order valence-corrected chi connectivity index (χ2v) is 14.2. The zero-order valence-electron chi connectivity index (χ0n) is 30.3. The van der Waals surface area contributed by atoms with Crippen LogP contribution in [0.4, 0.5) is 17.1 Å². The van der Waals surface area contributed by atoms with E-state index in [4.69, 9.17) is 15.0 Å². The van der Waals surface area contributed by atoms with Crippen molar-refractivity contribution in [2.24, 2.45) is 0 Å². The van der Waals surface area contributed by atoms with Crippen LogP contribution in [0.3, 0.4) is 0 Å². The molecule has 0 unspecified atom stereocenters. The number of para-hydroxylation sites is 3. The summed E-state index contributed by atoms with van der Waals surface area (Å²) >= 11 is 0. The lowest BCUT2D eigenvalue weighted by molar-refractivity contribution is 0.753. The summed E-state index contributed by atoms with van der Waals surface area (Å²) < 4.78 is 0. The minimum atomic E-state index is -0.588. The van der Waals surface area contributed by atoms with Crippen molar-refractivity contribution in [3.05, 3.63) is 223 Å². The Bertz CT molecular complexity index is 2880. The molecule has 5 heteroatoms. The normalized spacial score (nSPS) is 13.1. The van der Waals surface area contributed by atoms with Crippen LogP contribution in [0.25, 0.3) is 56.5 Å². The van der Waals surface area contributed by atoms with Crippen molar-refractivity contribution in [3.63, 3.8) is 0 Å². The minimum Gasteiger partial charge on any atom is -0.310 e. The molecule has 0 amide bonds. The van der Waals surface area contributed by atoms with Crippen molar-refractivity contribution in [1.82, 2.24) is 19.9 Å². The molecule has 262 valence electrons. The molecule has 0 fully saturated rings. The maximum atomic E-state index is 5.23. The summed E-state index contributed by atoms with van der Waals surface area (Å²) in [6.07, 6.45) is 1.82. The topological polar surface area (TPSA) is 54.8 Å². The second-order valence-electron chi connectivity index (χ2n) is 14.2. The van der Waals surface area contributed by atoms with E-state index in [0.29, 0.717) is 17.5 Å². The molecular weight excluding hydrogens is 683 g/mol. The lowest BCUT2D eigenvalue weighted by atomic mass is 9.64. The fourth-order valence-corrected chi connectivity index (χ4v) is 8.80. The van der Waals surface area contributed by atoms with E-state index in [-0.39, 0.29) is 0 Å². The van der Waals surface area contributed by atoms with E-state index in [0.717, 1.165) is 45.0 Å². The summed E-state index contributed by atoms with van der Waals surface area (Å²) in [6, 6.07) is 68.5. The molecule has 5 nitrogen and oxygen atoms in total. The van der Waals surface area contributed by atoms with Crippen molar-refractivity contribution in [2.75, 3.05) is 4.90 Å². The van der Waals surface area contributed by atoms with E-state index in [1.807, 2.05) is 48.7 Å². The Hall–Kier alpha value is -7.50. The summed E-state index contributed by atoms with van der Waals surface area (Å²) in [5.41, 5.74) is 14.9. The predicted octanol–water partition coefficient (Wildman–Crippen LogP) is 12.1. The summed E-state index contributed by atoms with van der Waals surface area (Å²) in [5.74, 6) is 1.85. The number of hydrogen-bond donors (Lipinski definition) is 0. The smallest absolute Gasteiger partial charge is 0.164 e. The van der Waals surface area contributed by atoms with Gasteiger partial charge < -0.3 is 4.90 Å². The number of aromatic nitrogens is 4. The third-order valence-corrected chi connectivity index (χ3v) is 11.2. The molecule has 7 aromatic carbocycles. The Kier molecular flexibility index (Phi) is 7.32. The fourth-order valence-electron chi connectivity index (χ4n) is 8.80. The van der Waals surface area contributed by atoms with Crippen molar-refractivity contribution < 1.29 is 0 Å². The molecule has 1 aliphatic carbocycles. The molecule has 0 atom stereocenters. The zero-order chi connectivity index (χ0) is 37.1. The lowest BCUT2D eigenvalue weighted by Crippen LogP contribution is -2.36. The number of anilines is 3. The molecule has 0 bridgehead atoms. The Morgan fingerprint density at radius 2 is 0.893 bits per heavy atom. The van der Waals surface area contributed by atoms with Crippen molar-refractivity contribution in [3.8, 4) is 56.5 Å². The van der Waals surface area contributed by atoms with Gasteiger partial charge in [-0.25, -0.2) is 15.0 Å². The van der Waals surface area contributed by atoms with Crippen LogP contribution in [0.15, 0.2) is 200 Å². The largest absolute Gasteiger partial charge is 0.310 e. The first-order chi connectivity index (χ1) is 27.8. The lowest BCUT2D eigenvalue weighted by Gasteiger charge is -2.45. The molecule has 2 aromatic heterocycles. The van der Waals surface area contributed by atoms with Gasteiger partial charge >= 0.3 is 0 Å². The highest BCUT2D eigenvalue weighted by Gasteiger charge is 2.51. The van der Waals surface area contributed by atoms with E-state index in [9.17, 15) is 0 Å². The maximum Gasteiger partial charge on any atom is 0.164 e. The summed E-state index contributed by atoms with van der Waals surface area (Å²) in [6.45, 7) is 0. The van der Waals surface area contributed by atoms with Gasteiger partial charge in [-0.1, -0.05) is 146 Å². The van der Waals surface area contributed by atoms with Crippen LogP contribution < -0.4 is 4.90 Å². The Morgan fingerprint density at radius 3 is 1.59 bits per heavy atom. The van der Waals surface area contributed by atoms with Crippen LogP contribution >= 0.6 is 0 Å². The van der Waals surface area contributed by atoms with Crippen LogP contribution in [0.5, 0.6) is 0 Å². The first-order valence-electron chi connectivity index (χ1n) is 18.9. The molecule has 0 N–H and O–H groups in total. The molecule has 0 saturated carbocycles. The summed E-state index contributed by atoms with van der Waals surface area (Å²) in [7, 11) is 0. The molecule has 11 rings (SSSR count). The van der Waals surface area contributed by atoms with E-state index in [2.05, 4.69) is 162 Å². The van der Waals surface area contributed by atoms with Gasteiger partial charge in [-0.3, -0.25) is 4.98 Å². The Morgan fingerprint density at radius 1 is 0.357 bits per heavy atom. The molecular formula is C51H33N5. The number of fused-ring (bicyclic) bond motifs is 9. The van der Waals surface area contributed by atoms with Crippen molar-refractivity contribution in [1.29, 1.82) is 0 Å². The average molecular weight is 716 g/mol. The van der Waals surface area contributed by atoms with Crippen LogP contribution in [0.2, 0.25) is 0 Å². The zero-order valence-corrected chi connectivity index (χ0v) is 30.3. The van der Waals surface area contributed by atoms with Gasteiger partial charge in [-0.2, -0.15) is 0 Å². The van der Waals surface area contributed by atoms with Gasteiger partial charge in [0.05, 0.1) is 22.5 Å². The summed E-state index contributed by atoms with van der Waals surface area (Å²) in [4.78, 5) is 22.5. The van der Waals surface area contributed by atoms with Crippen LogP contribution in [0.1, 0.15) is 22.3 Å². The van der Waals surface area contributed by atoms with Crippen LogP contribution in [-0.2, 0) is 5.41 Å². The van der Waals surface area contributed by atoms with Gasteiger partial charge in [0.1, 0.15) is 0 Å². The highest BCUT2D eigenvalue weighted by molar-refractivity contribution is 5.96. The average Bonchev–Trinajstić information content (AvgIpc) is 3.57. The second kappa shape index (κ2) is 12.8. The Balaban J connectivity index is 1.15. The SMILES string of the molecule is c1ccc(-c2nc(-c3cccc(-c4ccccn4)c3)nc(-c3ccc4c(c3)C3(c5ccccc5-4)c4ccccc4N(c4ccccc4)c4ccccc43)n2)cc1. The van der Waals surface area contributed by atoms with E-state index in [1.165, 1.54) is 33.4 Å². The van der Waals surface area contributed by atoms with Crippen molar-refractivity contribution in [2.45, 2.75) is 5.41 Å². The number of benzene rings is 7. The molecule has 2 aliphatic rings. The molecule has 9 aromatic rings. The van der Waals surface area contributed by atoms with Gasteiger partial charge in [0.25, 0.3) is 0 Å². The van der Waals surface area contributed by atoms with Gasteiger partial charge in [0, 0.05) is 34.1 Å². The summed E-state index contributed by atoms with van der Waals surface area (Å²) in [5, 5.41) is 0. The van der Waals surface area contributed by atoms with Gasteiger partial charge in [0.2, 0.25) is 0 Å². The van der Waals surface area contributed by atoms with Gasteiger partial charge in [0.15, 0.2) is 17.5 Å². The van der Waals surface area contributed by atoms with E-state index in [1.54, 1.807) is 0 Å². The number of pyridine rings is 1. The molecule has 1 aliphatic heterocycles. The molecule has 0 saturated heterocycles. The molecule has 0 radical (unpaired) electrons. The maximum absolute atomic E-state index is 5.23. The van der Waals surface area contributed by atoms with Gasteiger partial charge in [-0.05, 0) is 81.9 Å². The molecule has 56 heavy (non-hydrogen) atoms. The van der Waals surface area contributed by atoms with Crippen molar-refractivity contribution >= 4 is 17.1 Å². The van der Waals surface area contributed by atoms with Crippen LogP contribution in [0, 0.1) is 0 Å². The predicted molar refractivity (Wildman–Crippen MR) is 225 cm³/mol. The highest BCUT2D eigenvalue weighted by atomic mass is 15.2. The molecule has 1 spiro atoms.